The molecule has 1 aliphatic heterocycles. The largest absolute Gasteiger partial charge is 0.326 e. The molecule has 0 bridgehead atoms. The Balaban J connectivity index is 1.70. The molecule has 150 valence electrons. The predicted octanol–water partition coefficient (Wildman–Crippen LogP) is 2.70. The lowest BCUT2D eigenvalue weighted by molar-refractivity contribution is -0.118. The Bertz CT molecular complexity index is 972. The van der Waals surface area contributed by atoms with Crippen molar-refractivity contribution in [1.29, 1.82) is 0 Å². The first-order valence-electron chi connectivity index (χ1n) is 9.18. The van der Waals surface area contributed by atoms with Crippen LogP contribution in [-0.4, -0.2) is 41.7 Å². The molecule has 1 aliphatic rings. The molecule has 29 heavy (non-hydrogen) atoms. The summed E-state index contributed by atoms with van der Waals surface area (Å²) in [6.45, 7) is 3.62. The van der Waals surface area contributed by atoms with Gasteiger partial charge in [-0.3, -0.25) is 19.3 Å². The van der Waals surface area contributed by atoms with Gasteiger partial charge in [-0.2, -0.15) is 0 Å². The van der Waals surface area contributed by atoms with Gasteiger partial charge >= 0.3 is 6.03 Å². The summed E-state index contributed by atoms with van der Waals surface area (Å²) in [4.78, 5) is 50.1. The van der Waals surface area contributed by atoms with Gasteiger partial charge in [0.25, 0.3) is 11.8 Å². The number of urea groups is 1. The van der Waals surface area contributed by atoms with Gasteiger partial charge in [0.2, 0.25) is 5.91 Å². The normalized spacial score (nSPS) is 13.9. The second kappa shape index (κ2) is 8.14. The maximum atomic E-state index is 12.7. The minimum atomic E-state index is -0.799. The van der Waals surface area contributed by atoms with Crippen LogP contribution in [0.5, 0.6) is 0 Å². The Morgan fingerprint density at radius 2 is 1.52 bits per heavy atom. The van der Waals surface area contributed by atoms with Gasteiger partial charge in [0.15, 0.2) is 0 Å². The molecule has 0 spiro atoms. The van der Waals surface area contributed by atoms with Crippen LogP contribution in [0.2, 0.25) is 0 Å². The molecule has 8 heteroatoms. The third-order valence-electron chi connectivity index (χ3n) is 4.62. The summed E-state index contributed by atoms with van der Waals surface area (Å²) in [7, 11) is 1.41. The van der Waals surface area contributed by atoms with E-state index in [-0.39, 0.29) is 17.4 Å². The van der Waals surface area contributed by atoms with E-state index in [1.54, 1.807) is 30.3 Å². The maximum absolute atomic E-state index is 12.7. The standard InChI is InChI=1S/C21H22N4O4/c1-12(2)17(24-21(29)23-13-7-5-4-6-8-13)18(26)22-14-9-10-15-16(11-14)20(28)25(3)19(15)27/h4-12,17H,1-3H3,(H,22,26)(H2,23,24,29)/t17-/m1/s1. The number of nitrogens with zero attached hydrogens (tertiary/aromatic N) is 1. The highest BCUT2D eigenvalue weighted by Gasteiger charge is 2.33. The smallest absolute Gasteiger partial charge is 0.319 e. The van der Waals surface area contributed by atoms with Crippen molar-refractivity contribution in [3.63, 3.8) is 0 Å². The van der Waals surface area contributed by atoms with Gasteiger partial charge in [-0.25, -0.2) is 4.79 Å². The van der Waals surface area contributed by atoms with Gasteiger partial charge in [-0.1, -0.05) is 32.0 Å². The molecule has 0 unspecified atom stereocenters. The number of carbonyl (C=O) groups is 4. The lowest BCUT2D eigenvalue weighted by atomic mass is 10.0. The summed E-state index contributed by atoms with van der Waals surface area (Å²) < 4.78 is 0. The molecule has 8 nitrogen and oxygen atoms in total. The highest BCUT2D eigenvalue weighted by Crippen LogP contribution is 2.25. The zero-order valence-corrected chi connectivity index (χ0v) is 16.4. The number of amides is 5. The lowest BCUT2D eigenvalue weighted by Gasteiger charge is -2.22. The molecule has 1 heterocycles. The van der Waals surface area contributed by atoms with Crippen LogP contribution in [0.3, 0.4) is 0 Å². The number of hydrogen-bond acceptors (Lipinski definition) is 4. The highest BCUT2D eigenvalue weighted by atomic mass is 16.2. The Labute approximate surface area is 168 Å². The molecular weight excluding hydrogens is 372 g/mol. The molecule has 0 radical (unpaired) electrons. The van der Waals surface area contributed by atoms with Gasteiger partial charge in [-0.15, -0.1) is 0 Å². The number of para-hydroxylation sites is 1. The Kier molecular flexibility index (Phi) is 5.63. The van der Waals surface area contributed by atoms with Crippen LogP contribution < -0.4 is 16.0 Å². The third-order valence-corrected chi connectivity index (χ3v) is 4.62. The van der Waals surface area contributed by atoms with E-state index in [0.29, 0.717) is 16.9 Å². The van der Waals surface area contributed by atoms with Crippen molar-refractivity contribution in [2.45, 2.75) is 19.9 Å². The van der Waals surface area contributed by atoms with E-state index in [1.807, 2.05) is 19.9 Å². The number of benzene rings is 2. The fraction of sp³-hybridized carbons (Fsp3) is 0.238. The summed E-state index contributed by atoms with van der Waals surface area (Å²) >= 11 is 0. The van der Waals surface area contributed by atoms with Crippen molar-refractivity contribution >= 4 is 35.1 Å². The SMILES string of the molecule is CC(C)[C@@H](NC(=O)Nc1ccccc1)C(=O)Nc1ccc2c(c1)C(=O)N(C)C2=O. The fourth-order valence-corrected chi connectivity index (χ4v) is 3.02. The predicted molar refractivity (Wildman–Crippen MR) is 109 cm³/mol. The quantitative estimate of drug-likeness (QED) is 0.678. The summed E-state index contributed by atoms with van der Waals surface area (Å²) in [6.07, 6.45) is 0. The van der Waals surface area contributed by atoms with E-state index < -0.39 is 23.9 Å². The van der Waals surface area contributed by atoms with Crippen LogP contribution >= 0.6 is 0 Å². The fourth-order valence-electron chi connectivity index (χ4n) is 3.02. The minimum Gasteiger partial charge on any atom is -0.326 e. The van der Waals surface area contributed by atoms with Crippen LogP contribution in [0.4, 0.5) is 16.2 Å². The van der Waals surface area contributed by atoms with E-state index in [0.717, 1.165) is 4.90 Å². The molecule has 0 aromatic heterocycles. The zero-order chi connectivity index (χ0) is 21.1. The second-order valence-corrected chi connectivity index (χ2v) is 7.11. The minimum absolute atomic E-state index is 0.180. The zero-order valence-electron chi connectivity index (χ0n) is 16.4. The summed E-state index contributed by atoms with van der Waals surface area (Å²) in [6, 6.07) is 12.1. The van der Waals surface area contributed by atoms with Crippen LogP contribution in [-0.2, 0) is 4.79 Å². The first-order chi connectivity index (χ1) is 13.8. The molecule has 0 saturated carbocycles. The lowest BCUT2D eigenvalue weighted by Crippen LogP contribution is -2.48. The van der Waals surface area contributed by atoms with Crippen molar-refractivity contribution in [1.82, 2.24) is 10.2 Å². The average Bonchev–Trinajstić information content (AvgIpc) is 2.90. The van der Waals surface area contributed by atoms with E-state index in [1.165, 1.54) is 19.2 Å². The van der Waals surface area contributed by atoms with Crippen LogP contribution in [0.1, 0.15) is 34.6 Å². The number of fused-ring (bicyclic) bond motifs is 1. The highest BCUT2D eigenvalue weighted by molar-refractivity contribution is 6.21. The van der Waals surface area contributed by atoms with Crippen molar-refractivity contribution in [3.05, 3.63) is 59.7 Å². The van der Waals surface area contributed by atoms with Gasteiger partial charge in [-0.05, 0) is 36.2 Å². The number of anilines is 2. The molecule has 0 saturated heterocycles. The number of nitrogens with one attached hydrogen (secondary N) is 3. The molecule has 2 aromatic carbocycles. The topological polar surface area (TPSA) is 108 Å². The summed E-state index contributed by atoms with van der Waals surface area (Å²) in [5.74, 6) is -1.39. The molecule has 0 aliphatic carbocycles. The van der Waals surface area contributed by atoms with Crippen molar-refractivity contribution in [3.8, 4) is 0 Å². The monoisotopic (exact) mass is 394 g/mol. The molecule has 3 N–H and O–H groups in total. The van der Waals surface area contributed by atoms with Crippen LogP contribution in [0.15, 0.2) is 48.5 Å². The second-order valence-electron chi connectivity index (χ2n) is 7.11. The molecule has 5 amide bonds. The van der Waals surface area contributed by atoms with Crippen molar-refractivity contribution in [2.75, 3.05) is 17.7 Å². The molecular formula is C21H22N4O4. The number of imide groups is 1. The van der Waals surface area contributed by atoms with Gasteiger partial charge in [0.1, 0.15) is 6.04 Å². The third kappa shape index (κ3) is 4.26. The number of carbonyl (C=O) groups excluding carboxylic acids is 4. The Morgan fingerprint density at radius 1 is 0.862 bits per heavy atom. The summed E-state index contributed by atoms with van der Waals surface area (Å²) in [5.41, 5.74) is 1.53. The number of hydrogen-bond donors (Lipinski definition) is 3. The van der Waals surface area contributed by atoms with Crippen LogP contribution in [0, 0.1) is 5.92 Å². The van der Waals surface area contributed by atoms with Crippen molar-refractivity contribution in [2.24, 2.45) is 5.92 Å². The molecule has 2 aromatic rings. The molecule has 3 rings (SSSR count). The Morgan fingerprint density at radius 3 is 2.17 bits per heavy atom. The molecule has 1 atom stereocenters. The van der Waals surface area contributed by atoms with Crippen molar-refractivity contribution < 1.29 is 19.2 Å². The first kappa shape index (κ1) is 20.1. The van der Waals surface area contributed by atoms with Gasteiger partial charge in [0.05, 0.1) is 11.1 Å². The number of rotatable bonds is 5. The van der Waals surface area contributed by atoms with E-state index in [9.17, 15) is 19.2 Å². The Hall–Kier alpha value is -3.68. The van der Waals surface area contributed by atoms with E-state index in [4.69, 9.17) is 0 Å². The van der Waals surface area contributed by atoms with Gasteiger partial charge < -0.3 is 16.0 Å². The first-order valence-corrected chi connectivity index (χ1v) is 9.18. The average molecular weight is 394 g/mol. The molecule has 0 fully saturated rings. The van der Waals surface area contributed by atoms with E-state index in [2.05, 4.69) is 16.0 Å². The summed E-state index contributed by atoms with van der Waals surface area (Å²) in [5, 5.41) is 8.06. The van der Waals surface area contributed by atoms with E-state index >= 15 is 0 Å². The maximum Gasteiger partial charge on any atom is 0.319 e. The van der Waals surface area contributed by atoms with Crippen LogP contribution in [0.25, 0.3) is 0 Å². The van der Waals surface area contributed by atoms with Gasteiger partial charge in [0, 0.05) is 18.4 Å².